The third kappa shape index (κ3) is 4.86. The normalized spacial score (nSPS) is 13.7. The SMILES string of the molecule is O=C(Nc1cc(S(=O)(=O)N2CCCc3ccccc32)ccc1Cl)c1ccc(C(F)(F)F)cc1[N+](=O)[O-]. The van der Waals surface area contributed by atoms with Crippen LogP contribution in [-0.4, -0.2) is 25.8 Å². The van der Waals surface area contributed by atoms with Gasteiger partial charge in [-0.2, -0.15) is 13.2 Å². The molecule has 0 spiro atoms. The molecule has 0 bridgehead atoms. The highest BCUT2D eigenvalue weighted by molar-refractivity contribution is 7.92. The van der Waals surface area contributed by atoms with Crippen LogP contribution in [0.5, 0.6) is 0 Å². The zero-order chi connectivity index (χ0) is 26.3. The molecule has 1 heterocycles. The summed E-state index contributed by atoms with van der Waals surface area (Å²) in [4.78, 5) is 22.8. The summed E-state index contributed by atoms with van der Waals surface area (Å²) in [6.07, 6.45) is -3.53. The zero-order valence-corrected chi connectivity index (χ0v) is 19.8. The number of hydrogen-bond donors (Lipinski definition) is 1. The molecule has 3 aromatic rings. The van der Waals surface area contributed by atoms with Crippen LogP contribution in [0.1, 0.15) is 27.9 Å². The summed E-state index contributed by atoms with van der Waals surface area (Å²) in [5.74, 6) is -1.13. The van der Waals surface area contributed by atoms with Crippen molar-refractivity contribution in [2.45, 2.75) is 23.9 Å². The monoisotopic (exact) mass is 539 g/mol. The fourth-order valence-corrected chi connectivity index (χ4v) is 5.61. The van der Waals surface area contributed by atoms with Crippen molar-refractivity contribution in [1.29, 1.82) is 0 Å². The van der Waals surface area contributed by atoms with Crippen LogP contribution in [0.4, 0.5) is 30.2 Å². The standard InChI is InChI=1S/C23H17ClF3N3O5S/c24-18-10-8-16(36(34,35)29-11-3-5-14-4-1-2-6-20(14)29)13-19(18)28-22(31)17-9-7-15(23(25,26)27)12-21(17)30(32)33/h1-2,4,6-10,12-13H,3,5,11H2,(H,28,31). The van der Waals surface area contributed by atoms with Crippen molar-refractivity contribution in [2.24, 2.45) is 0 Å². The highest BCUT2D eigenvalue weighted by Crippen LogP contribution is 2.35. The van der Waals surface area contributed by atoms with E-state index in [-0.39, 0.29) is 28.2 Å². The predicted octanol–water partition coefficient (Wildman–Crippen LogP) is 5.66. The van der Waals surface area contributed by atoms with E-state index in [1.165, 1.54) is 16.4 Å². The van der Waals surface area contributed by atoms with Gasteiger partial charge in [0, 0.05) is 12.6 Å². The van der Waals surface area contributed by atoms with Gasteiger partial charge in [-0.15, -0.1) is 0 Å². The molecule has 1 aliphatic heterocycles. The lowest BCUT2D eigenvalue weighted by Crippen LogP contribution is -2.35. The number of carbonyl (C=O) groups excluding carboxylic acids is 1. The number of nitrogens with one attached hydrogen (secondary N) is 1. The van der Waals surface area contributed by atoms with E-state index in [4.69, 9.17) is 11.6 Å². The van der Waals surface area contributed by atoms with Crippen LogP contribution in [0.15, 0.2) is 65.6 Å². The lowest BCUT2D eigenvalue weighted by atomic mass is 10.0. The van der Waals surface area contributed by atoms with Gasteiger partial charge in [-0.3, -0.25) is 19.2 Å². The first-order chi connectivity index (χ1) is 16.9. The molecule has 13 heteroatoms. The van der Waals surface area contributed by atoms with Gasteiger partial charge >= 0.3 is 6.18 Å². The Balaban J connectivity index is 1.68. The summed E-state index contributed by atoms with van der Waals surface area (Å²) in [6, 6.07) is 12.1. The summed E-state index contributed by atoms with van der Waals surface area (Å²) in [5.41, 5.74) is -1.79. The average molecular weight is 540 g/mol. The molecule has 4 rings (SSSR count). The van der Waals surface area contributed by atoms with Gasteiger partial charge in [0.1, 0.15) is 5.56 Å². The van der Waals surface area contributed by atoms with Crippen molar-refractivity contribution in [3.05, 3.63) is 92.5 Å². The third-order valence-corrected chi connectivity index (χ3v) is 7.75. The number of nitrogens with zero attached hydrogens (tertiary/aromatic N) is 2. The van der Waals surface area contributed by atoms with E-state index < -0.39 is 43.8 Å². The number of benzene rings is 3. The molecule has 0 aromatic heterocycles. The molecule has 0 saturated carbocycles. The Bertz CT molecular complexity index is 1480. The molecule has 0 fully saturated rings. The van der Waals surface area contributed by atoms with Crippen molar-refractivity contribution in [1.82, 2.24) is 0 Å². The number of para-hydroxylation sites is 1. The molecule has 0 radical (unpaired) electrons. The van der Waals surface area contributed by atoms with Gasteiger partial charge in [-0.1, -0.05) is 29.8 Å². The van der Waals surface area contributed by atoms with Gasteiger partial charge < -0.3 is 5.32 Å². The van der Waals surface area contributed by atoms with Gasteiger partial charge in [0.05, 0.1) is 31.8 Å². The molecule has 0 saturated heterocycles. The van der Waals surface area contributed by atoms with Crippen LogP contribution >= 0.6 is 11.6 Å². The van der Waals surface area contributed by atoms with Gasteiger partial charge in [0.15, 0.2) is 0 Å². The smallest absolute Gasteiger partial charge is 0.320 e. The number of nitro benzene ring substituents is 1. The molecule has 188 valence electrons. The molecule has 0 unspecified atom stereocenters. The second-order valence-electron chi connectivity index (χ2n) is 7.89. The van der Waals surface area contributed by atoms with E-state index in [2.05, 4.69) is 5.32 Å². The number of aryl methyl sites for hydroxylation is 1. The first kappa shape index (κ1) is 25.5. The first-order valence-corrected chi connectivity index (χ1v) is 12.3. The van der Waals surface area contributed by atoms with E-state index in [0.29, 0.717) is 24.2 Å². The number of hydrogen-bond acceptors (Lipinski definition) is 5. The fraction of sp³-hybridized carbons (Fsp3) is 0.174. The quantitative estimate of drug-likeness (QED) is 0.332. The largest absolute Gasteiger partial charge is 0.416 e. The number of rotatable bonds is 5. The summed E-state index contributed by atoms with van der Waals surface area (Å²) < 4.78 is 67.0. The number of sulfonamides is 1. The zero-order valence-electron chi connectivity index (χ0n) is 18.3. The Hall–Kier alpha value is -3.64. The van der Waals surface area contributed by atoms with Crippen molar-refractivity contribution >= 4 is 44.6 Å². The molecule has 1 N–H and O–H groups in total. The van der Waals surface area contributed by atoms with Crippen molar-refractivity contribution in [3.63, 3.8) is 0 Å². The third-order valence-electron chi connectivity index (χ3n) is 5.61. The molecule has 3 aromatic carbocycles. The number of carbonyl (C=O) groups is 1. The average Bonchev–Trinajstić information content (AvgIpc) is 2.83. The molecule has 36 heavy (non-hydrogen) atoms. The van der Waals surface area contributed by atoms with Crippen LogP contribution < -0.4 is 9.62 Å². The maximum absolute atomic E-state index is 13.4. The van der Waals surface area contributed by atoms with Crippen LogP contribution in [0.3, 0.4) is 0 Å². The Morgan fingerprint density at radius 3 is 2.50 bits per heavy atom. The van der Waals surface area contributed by atoms with Gasteiger partial charge in [-0.05, 0) is 54.8 Å². The highest BCUT2D eigenvalue weighted by Gasteiger charge is 2.34. The van der Waals surface area contributed by atoms with Crippen LogP contribution in [0.25, 0.3) is 0 Å². The fourth-order valence-electron chi connectivity index (χ4n) is 3.88. The van der Waals surface area contributed by atoms with Crippen LogP contribution in [-0.2, 0) is 22.6 Å². The maximum atomic E-state index is 13.4. The molecule has 8 nitrogen and oxygen atoms in total. The molecule has 0 atom stereocenters. The minimum atomic E-state index is -4.85. The number of anilines is 2. The van der Waals surface area contributed by atoms with E-state index in [1.807, 2.05) is 12.1 Å². The maximum Gasteiger partial charge on any atom is 0.416 e. The molecular weight excluding hydrogens is 523 g/mol. The van der Waals surface area contributed by atoms with Gasteiger partial charge in [0.25, 0.3) is 21.6 Å². The van der Waals surface area contributed by atoms with Crippen LogP contribution in [0.2, 0.25) is 5.02 Å². The number of fused-ring (bicyclic) bond motifs is 1. The molecule has 1 aliphatic rings. The second kappa shape index (κ2) is 9.43. The Kier molecular flexibility index (Phi) is 6.67. The highest BCUT2D eigenvalue weighted by atomic mass is 35.5. The predicted molar refractivity (Wildman–Crippen MR) is 127 cm³/mol. The van der Waals surface area contributed by atoms with E-state index in [1.54, 1.807) is 12.1 Å². The topological polar surface area (TPSA) is 110 Å². The first-order valence-electron chi connectivity index (χ1n) is 10.5. The summed E-state index contributed by atoms with van der Waals surface area (Å²) in [6.45, 7) is 0.238. The Morgan fingerprint density at radius 2 is 1.81 bits per heavy atom. The number of halogens is 4. The number of alkyl halides is 3. The van der Waals surface area contributed by atoms with Crippen molar-refractivity contribution in [3.8, 4) is 0 Å². The van der Waals surface area contributed by atoms with Gasteiger partial charge in [-0.25, -0.2) is 8.42 Å². The van der Waals surface area contributed by atoms with Gasteiger partial charge in [0.2, 0.25) is 0 Å². The van der Waals surface area contributed by atoms with Crippen LogP contribution in [0, 0.1) is 10.1 Å². The summed E-state index contributed by atoms with van der Waals surface area (Å²) in [5, 5.41) is 13.5. The summed E-state index contributed by atoms with van der Waals surface area (Å²) in [7, 11) is -4.07. The lowest BCUT2D eigenvalue weighted by molar-refractivity contribution is -0.385. The molecule has 1 amide bonds. The summed E-state index contributed by atoms with van der Waals surface area (Å²) >= 11 is 6.13. The van der Waals surface area contributed by atoms with E-state index >= 15 is 0 Å². The van der Waals surface area contributed by atoms with E-state index in [0.717, 1.165) is 18.1 Å². The minimum Gasteiger partial charge on any atom is -0.320 e. The lowest BCUT2D eigenvalue weighted by Gasteiger charge is -2.30. The van der Waals surface area contributed by atoms with Crippen molar-refractivity contribution in [2.75, 3.05) is 16.2 Å². The van der Waals surface area contributed by atoms with Crippen molar-refractivity contribution < 1.29 is 31.3 Å². The minimum absolute atomic E-state index is 0.0732. The second-order valence-corrected chi connectivity index (χ2v) is 10.2. The Labute approximate surface area is 208 Å². The van der Waals surface area contributed by atoms with E-state index in [9.17, 15) is 36.5 Å². The Morgan fingerprint density at radius 1 is 1.08 bits per heavy atom. The molecule has 0 aliphatic carbocycles. The number of nitro groups is 1. The number of amides is 1. The molecular formula is C23H17ClF3N3O5S.